The molecule has 0 aliphatic heterocycles. The van der Waals surface area contributed by atoms with Gasteiger partial charge in [0.15, 0.2) is 0 Å². The third kappa shape index (κ3) is 5.78. The SMILES string of the molecule is Cc1cc(C)nc(NC(=O)NCCCSc2nnc(-c3ccccc3)o2)n1. The Kier molecular flexibility index (Phi) is 6.37. The second-order valence-corrected chi connectivity index (χ2v) is 6.84. The van der Waals surface area contributed by atoms with Gasteiger partial charge >= 0.3 is 6.03 Å². The number of benzene rings is 1. The van der Waals surface area contributed by atoms with Gasteiger partial charge in [-0.25, -0.2) is 14.8 Å². The van der Waals surface area contributed by atoms with Crippen molar-refractivity contribution in [2.75, 3.05) is 17.6 Å². The maximum absolute atomic E-state index is 11.9. The Morgan fingerprint density at radius 2 is 1.85 bits per heavy atom. The Morgan fingerprint density at radius 3 is 2.59 bits per heavy atom. The van der Waals surface area contributed by atoms with Crippen molar-refractivity contribution in [2.24, 2.45) is 0 Å². The number of aromatic nitrogens is 4. The van der Waals surface area contributed by atoms with E-state index in [-0.39, 0.29) is 6.03 Å². The standard InChI is InChI=1S/C18H20N6O2S/c1-12-11-13(2)21-16(20-12)22-17(25)19-9-6-10-27-18-24-23-15(26-18)14-7-4-3-5-8-14/h3-5,7-8,11H,6,9-10H2,1-2H3,(H2,19,20,21,22,25). The summed E-state index contributed by atoms with van der Waals surface area (Å²) in [6.07, 6.45) is 0.759. The predicted octanol–water partition coefficient (Wildman–Crippen LogP) is 3.45. The summed E-state index contributed by atoms with van der Waals surface area (Å²) in [7, 11) is 0. The van der Waals surface area contributed by atoms with E-state index in [0.717, 1.165) is 29.1 Å². The van der Waals surface area contributed by atoms with Gasteiger partial charge in [0, 0.05) is 29.2 Å². The fourth-order valence-corrected chi connectivity index (χ4v) is 3.03. The van der Waals surface area contributed by atoms with Crippen LogP contribution in [0.2, 0.25) is 0 Å². The molecule has 9 heteroatoms. The fourth-order valence-electron chi connectivity index (χ4n) is 2.33. The first-order chi connectivity index (χ1) is 13.1. The van der Waals surface area contributed by atoms with Gasteiger partial charge in [-0.1, -0.05) is 30.0 Å². The Bertz CT molecular complexity index is 880. The van der Waals surface area contributed by atoms with Gasteiger partial charge in [-0.3, -0.25) is 5.32 Å². The van der Waals surface area contributed by atoms with Crippen molar-refractivity contribution in [3.05, 3.63) is 47.8 Å². The van der Waals surface area contributed by atoms with Crippen LogP contribution in [0.4, 0.5) is 10.7 Å². The molecule has 0 bridgehead atoms. The molecule has 0 radical (unpaired) electrons. The van der Waals surface area contributed by atoms with Gasteiger partial charge in [0.05, 0.1) is 0 Å². The Hall–Kier alpha value is -2.94. The first-order valence-electron chi connectivity index (χ1n) is 8.49. The summed E-state index contributed by atoms with van der Waals surface area (Å²) in [5.74, 6) is 1.55. The molecule has 0 atom stereocenters. The molecule has 27 heavy (non-hydrogen) atoms. The molecule has 3 aromatic rings. The number of nitrogens with zero attached hydrogens (tertiary/aromatic N) is 4. The largest absolute Gasteiger partial charge is 0.411 e. The van der Waals surface area contributed by atoms with Gasteiger partial charge in [0.25, 0.3) is 5.22 Å². The number of carbonyl (C=O) groups is 1. The van der Waals surface area contributed by atoms with E-state index in [1.54, 1.807) is 0 Å². The third-order valence-electron chi connectivity index (χ3n) is 3.47. The fraction of sp³-hybridized carbons (Fsp3) is 0.278. The second-order valence-electron chi connectivity index (χ2n) is 5.80. The lowest BCUT2D eigenvalue weighted by atomic mass is 10.2. The van der Waals surface area contributed by atoms with Crippen LogP contribution >= 0.6 is 11.8 Å². The van der Waals surface area contributed by atoms with Crippen LogP contribution in [0, 0.1) is 13.8 Å². The quantitative estimate of drug-likeness (QED) is 0.475. The summed E-state index contributed by atoms with van der Waals surface area (Å²) in [5.41, 5.74) is 2.51. The minimum absolute atomic E-state index is 0.304. The number of thioether (sulfide) groups is 1. The van der Waals surface area contributed by atoms with Crippen LogP contribution in [-0.4, -0.2) is 38.5 Å². The number of hydrogen-bond donors (Lipinski definition) is 2. The Labute approximate surface area is 161 Å². The first kappa shape index (κ1) is 18.8. The number of hydrogen-bond acceptors (Lipinski definition) is 7. The van der Waals surface area contributed by atoms with Crippen LogP contribution in [0.3, 0.4) is 0 Å². The second kappa shape index (κ2) is 9.13. The lowest BCUT2D eigenvalue weighted by molar-refractivity contribution is 0.252. The van der Waals surface area contributed by atoms with E-state index in [4.69, 9.17) is 4.42 Å². The normalized spacial score (nSPS) is 10.6. The number of nitrogens with one attached hydrogen (secondary N) is 2. The molecule has 0 saturated carbocycles. The smallest absolute Gasteiger partial charge is 0.321 e. The molecule has 1 aromatic carbocycles. The van der Waals surface area contributed by atoms with Gasteiger partial charge in [0.1, 0.15) is 0 Å². The summed E-state index contributed by atoms with van der Waals surface area (Å²) in [6, 6.07) is 11.1. The minimum Gasteiger partial charge on any atom is -0.411 e. The topological polar surface area (TPSA) is 106 Å². The van der Waals surface area contributed by atoms with Crippen LogP contribution < -0.4 is 10.6 Å². The van der Waals surface area contributed by atoms with Crippen LogP contribution in [-0.2, 0) is 0 Å². The van der Waals surface area contributed by atoms with Crippen LogP contribution in [0.1, 0.15) is 17.8 Å². The van der Waals surface area contributed by atoms with Gasteiger partial charge in [-0.05, 0) is 38.5 Å². The van der Waals surface area contributed by atoms with Gasteiger partial charge in [-0.2, -0.15) is 0 Å². The van der Waals surface area contributed by atoms with Crippen molar-refractivity contribution in [1.29, 1.82) is 0 Å². The molecule has 0 fully saturated rings. The summed E-state index contributed by atoms with van der Waals surface area (Å²) in [5, 5.41) is 14.0. The van der Waals surface area contributed by atoms with E-state index in [9.17, 15) is 4.79 Å². The predicted molar refractivity (Wildman–Crippen MR) is 104 cm³/mol. The highest BCUT2D eigenvalue weighted by Gasteiger charge is 2.09. The zero-order chi connectivity index (χ0) is 19.1. The van der Waals surface area contributed by atoms with Crippen LogP contribution in [0.5, 0.6) is 0 Å². The monoisotopic (exact) mass is 384 g/mol. The highest BCUT2D eigenvalue weighted by molar-refractivity contribution is 7.99. The number of rotatable bonds is 7. The molecule has 2 amide bonds. The average molecular weight is 384 g/mol. The van der Waals surface area contributed by atoms with Crippen molar-refractivity contribution < 1.29 is 9.21 Å². The molecule has 0 aliphatic carbocycles. The van der Waals surface area contributed by atoms with E-state index in [2.05, 4.69) is 30.8 Å². The van der Waals surface area contributed by atoms with E-state index < -0.39 is 0 Å². The maximum Gasteiger partial charge on any atom is 0.321 e. The molecular weight excluding hydrogens is 364 g/mol. The molecular formula is C18H20N6O2S. The lowest BCUT2D eigenvalue weighted by Gasteiger charge is -2.07. The molecule has 0 unspecified atom stereocenters. The third-order valence-corrected chi connectivity index (χ3v) is 4.37. The van der Waals surface area contributed by atoms with E-state index in [1.807, 2.05) is 50.2 Å². The molecule has 3 rings (SSSR count). The highest BCUT2D eigenvalue weighted by atomic mass is 32.2. The molecule has 2 aromatic heterocycles. The molecule has 140 valence electrons. The number of aryl methyl sites for hydroxylation is 2. The molecule has 0 saturated heterocycles. The maximum atomic E-state index is 11.9. The summed E-state index contributed by atoms with van der Waals surface area (Å²) in [6.45, 7) is 4.23. The minimum atomic E-state index is -0.325. The molecule has 2 N–H and O–H groups in total. The molecule has 8 nitrogen and oxygen atoms in total. The van der Waals surface area contributed by atoms with Crippen molar-refractivity contribution in [2.45, 2.75) is 25.5 Å². The Morgan fingerprint density at radius 1 is 1.11 bits per heavy atom. The van der Waals surface area contributed by atoms with Gasteiger partial charge < -0.3 is 9.73 Å². The van der Waals surface area contributed by atoms with Gasteiger partial charge in [0.2, 0.25) is 11.8 Å². The summed E-state index contributed by atoms with van der Waals surface area (Å²) >= 11 is 1.46. The summed E-state index contributed by atoms with van der Waals surface area (Å²) < 4.78 is 5.62. The Balaban J connectivity index is 1.37. The van der Waals surface area contributed by atoms with Crippen molar-refractivity contribution in [1.82, 2.24) is 25.5 Å². The van der Waals surface area contributed by atoms with E-state index in [1.165, 1.54) is 11.8 Å². The molecule has 2 heterocycles. The van der Waals surface area contributed by atoms with Crippen molar-refractivity contribution in [3.63, 3.8) is 0 Å². The first-order valence-corrected chi connectivity index (χ1v) is 9.47. The van der Waals surface area contributed by atoms with Gasteiger partial charge in [-0.15, -0.1) is 10.2 Å². The molecule has 0 aliphatic rings. The highest BCUT2D eigenvalue weighted by Crippen LogP contribution is 2.23. The van der Waals surface area contributed by atoms with E-state index in [0.29, 0.717) is 23.6 Å². The number of anilines is 1. The molecule has 0 spiro atoms. The van der Waals surface area contributed by atoms with Crippen LogP contribution in [0.25, 0.3) is 11.5 Å². The number of carbonyl (C=O) groups excluding carboxylic acids is 1. The number of urea groups is 1. The van der Waals surface area contributed by atoms with E-state index >= 15 is 0 Å². The number of amides is 2. The van der Waals surface area contributed by atoms with Crippen LogP contribution in [0.15, 0.2) is 46.0 Å². The lowest BCUT2D eigenvalue weighted by Crippen LogP contribution is -2.30. The van der Waals surface area contributed by atoms with Crippen molar-refractivity contribution in [3.8, 4) is 11.5 Å². The zero-order valence-corrected chi connectivity index (χ0v) is 15.9. The summed E-state index contributed by atoms with van der Waals surface area (Å²) in [4.78, 5) is 20.2. The zero-order valence-electron chi connectivity index (χ0n) is 15.1. The van der Waals surface area contributed by atoms with Crippen molar-refractivity contribution >= 4 is 23.7 Å². The average Bonchev–Trinajstić information content (AvgIpc) is 3.10.